The monoisotopic (exact) mass is 327 g/mol. The van der Waals surface area contributed by atoms with Crippen LogP contribution in [0, 0.1) is 17.7 Å². The minimum absolute atomic E-state index is 0.0503. The van der Waals surface area contributed by atoms with E-state index in [1.54, 1.807) is 13.1 Å². The summed E-state index contributed by atoms with van der Waals surface area (Å²) in [5.41, 5.74) is 0.656. The van der Waals surface area contributed by atoms with Crippen molar-refractivity contribution < 1.29 is 19.1 Å². The molecule has 2 atom stereocenters. The second-order valence-electron chi connectivity index (χ2n) is 5.84. The molecule has 1 aromatic rings. The fraction of sp³-hybridized carbons (Fsp3) is 0.500. The maximum Gasteiger partial charge on any atom is 0.306 e. The first-order valence-corrected chi connectivity index (χ1v) is 7.68. The Morgan fingerprint density at radius 2 is 2.05 bits per heavy atom. The van der Waals surface area contributed by atoms with Crippen molar-refractivity contribution in [1.82, 2.24) is 4.90 Å². The van der Waals surface area contributed by atoms with Gasteiger partial charge in [0.2, 0.25) is 5.91 Å². The molecular formula is C16H19ClFNO3. The molecule has 1 aromatic carbocycles. The van der Waals surface area contributed by atoms with E-state index in [1.807, 2.05) is 0 Å². The number of hydrogen-bond donors (Lipinski definition) is 1. The minimum atomic E-state index is -0.833. The molecule has 2 rings (SSSR count). The van der Waals surface area contributed by atoms with Gasteiger partial charge in [-0.3, -0.25) is 9.59 Å². The molecular weight excluding hydrogens is 309 g/mol. The molecule has 0 bridgehead atoms. The molecule has 0 radical (unpaired) electrons. The van der Waals surface area contributed by atoms with Gasteiger partial charge in [-0.05, 0) is 37.0 Å². The van der Waals surface area contributed by atoms with Crippen LogP contribution in [0.3, 0.4) is 0 Å². The first kappa shape index (κ1) is 16.7. The molecule has 0 aliphatic heterocycles. The first-order chi connectivity index (χ1) is 10.4. The normalized spacial score (nSPS) is 21.4. The molecule has 2 unspecified atom stereocenters. The van der Waals surface area contributed by atoms with Crippen LogP contribution in [-0.2, 0) is 16.1 Å². The van der Waals surface area contributed by atoms with E-state index in [2.05, 4.69) is 0 Å². The Bertz CT molecular complexity index is 579. The largest absolute Gasteiger partial charge is 0.481 e. The number of halogens is 2. The van der Waals surface area contributed by atoms with E-state index in [0.717, 1.165) is 6.42 Å². The summed E-state index contributed by atoms with van der Waals surface area (Å²) >= 11 is 5.64. The summed E-state index contributed by atoms with van der Waals surface area (Å²) in [7, 11) is 1.65. The second-order valence-corrected chi connectivity index (χ2v) is 6.25. The van der Waals surface area contributed by atoms with Gasteiger partial charge in [-0.25, -0.2) is 4.39 Å². The SMILES string of the molecule is CN(Cc1ccc(Cl)c(F)c1)C(=O)C1CCCC(C(=O)O)C1. The Balaban J connectivity index is 1.99. The van der Waals surface area contributed by atoms with Gasteiger partial charge in [0, 0.05) is 19.5 Å². The molecule has 1 saturated carbocycles. The number of carbonyl (C=O) groups excluding carboxylic acids is 1. The van der Waals surface area contributed by atoms with E-state index < -0.39 is 17.7 Å². The topological polar surface area (TPSA) is 57.6 Å². The molecule has 0 saturated heterocycles. The highest BCUT2D eigenvalue weighted by atomic mass is 35.5. The molecule has 1 amide bonds. The standard InChI is InChI=1S/C16H19ClFNO3/c1-19(9-10-5-6-13(17)14(18)7-10)15(20)11-3-2-4-12(8-11)16(21)22/h5-7,11-12H,2-4,8-9H2,1H3,(H,21,22). The first-order valence-electron chi connectivity index (χ1n) is 7.30. The molecule has 1 N–H and O–H groups in total. The second kappa shape index (κ2) is 7.09. The number of rotatable bonds is 4. The van der Waals surface area contributed by atoms with Crippen molar-refractivity contribution in [3.63, 3.8) is 0 Å². The van der Waals surface area contributed by atoms with Crippen molar-refractivity contribution in [2.45, 2.75) is 32.2 Å². The molecule has 0 aromatic heterocycles. The molecule has 120 valence electrons. The number of benzene rings is 1. The van der Waals surface area contributed by atoms with E-state index in [9.17, 15) is 14.0 Å². The lowest BCUT2D eigenvalue weighted by molar-refractivity contribution is -0.145. The van der Waals surface area contributed by atoms with E-state index >= 15 is 0 Å². The van der Waals surface area contributed by atoms with Gasteiger partial charge in [0.15, 0.2) is 0 Å². The van der Waals surface area contributed by atoms with E-state index in [1.165, 1.54) is 17.0 Å². The summed E-state index contributed by atoms with van der Waals surface area (Å²) in [5, 5.41) is 9.14. The number of carboxylic acids is 1. The third-order valence-corrected chi connectivity index (χ3v) is 4.46. The smallest absolute Gasteiger partial charge is 0.306 e. The zero-order chi connectivity index (χ0) is 16.3. The van der Waals surface area contributed by atoms with Gasteiger partial charge in [0.25, 0.3) is 0 Å². The molecule has 22 heavy (non-hydrogen) atoms. The fourth-order valence-corrected chi connectivity index (χ4v) is 3.06. The van der Waals surface area contributed by atoms with E-state index in [4.69, 9.17) is 16.7 Å². The number of amides is 1. The average molecular weight is 328 g/mol. The molecule has 6 heteroatoms. The van der Waals surface area contributed by atoms with Crippen LogP contribution in [0.2, 0.25) is 5.02 Å². The van der Waals surface area contributed by atoms with Crippen molar-refractivity contribution in [3.8, 4) is 0 Å². The summed E-state index contributed by atoms with van der Waals surface area (Å²) in [6.45, 7) is 0.279. The van der Waals surface area contributed by atoms with Gasteiger partial charge < -0.3 is 10.0 Å². The van der Waals surface area contributed by atoms with Crippen molar-refractivity contribution in [3.05, 3.63) is 34.6 Å². The van der Waals surface area contributed by atoms with Crippen molar-refractivity contribution in [2.24, 2.45) is 11.8 Å². The Kier molecular flexibility index (Phi) is 5.40. The van der Waals surface area contributed by atoms with Gasteiger partial charge in [0.1, 0.15) is 5.82 Å². The maximum atomic E-state index is 13.4. The van der Waals surface area contributed by atoms with Crippen LogP contribution >= 0.6 is 11.6 Å². The minimum Gasteiger partial charge on any atom is -0.481 e. The summed E-state index contributed by atoms with van der Waals surface area (Å²) < 4.78 is 13.4. The quantitative estimate of drug-likeness (QED) is 0.922. The predicted octanol–water partition coefficient (Wildman–Crippen LogP) is 3.33. The van der Waals surface area contributed by atoms with Crippen molar-refractivity contribution in [1.29, 1.82) is 0 Å². The van der Waals surface area contributed by atoms with E-state index in [0.29, 0.717) is 24.8 Å². The average Bonchev–Trinajstić information content (AvgIpc) is 2.50. The molecule has 1 aliphatic carbocycles. The van der Waals surface area contributed by atoms with Gasteiger partial charge in [-0.15, -0.1) is 0 Å². The lowest BCUT2D eigenvalue weighted by Gasteiger charge is -2.29. The maximum absolute atomic E-state index is 13.4. The molecule has 0 spiro atoms. The van der Waals surface area contributed by atoms with Crippen molar-refractivity contribution in [2.75, 3.05) is 7.05 Å². The van der Waals surface area contributed by atoms with Crippen LogP contribution in [0.15, 0.2) is 18.2 Å². The van der Waals surface area contributed by atoms with Crippen LogP contribution in [0.25, 0.3) is 0 Å². The highest BCUT2D eigenvalue weighted by Gasteiger charge is 2.32. The molecule has 1 fully saturated rings. The zero-order valence-corrected chi connectivity index (χ0v) is 13.1. The highest BCUT2D eigenvalue weighted by molar-refractivity contribution is 6.30. The van der Waals surface area contributed by atoms with Crippen LogP contribution in [-0.4, -0.2) is 28.9 Å². The highest BCUT2D eigenvalue weighted by Crippen LogP contribution is 2.30. The van der Waals surface area contributed by atoms with Crippen molar-refractivity contribution >= 4 is 23.5 Å². The Morgan fingerprint density at radius 1 is 1.36 bits per heavy atom. The fourth-order valence-electron chi connectivity index (χ4n) is 2.94. The summed E-state index contributed by atoms with van der Waals surface area (Å²) in [5.74, 6) is -2.13. The van der Waals surface area contributed by atoms with Gasteiger partial charge in [-0.1, -0.05) is 24.1 Å². The van der Waals surface area contributed by atoms with Crippen LogP contribution in [0.1, 0.15) is 31.2 Å². The van der Waals surface area contributed by atoms with Gasteiger partial charge in [0.05, 0.1) is 10.9 Å². The molecule has 0 heterocycles. The molecule has 4 nitrogen and oxygen atoms in total. The summed E-state index contributed by atoms with van der Waals surface area (Å²) in [6, 6.07) is 4.45. The number of carboxylic acid groups (broad SMARTS) is 1. The van der Waals surface area contributed by atoms with Gasteiger partial charge in [-0.2, -0.15) is 0 Å². The number of hydrogen-bond acceptors (Lipinski definition) is 2. The predicted molar refractivity (Wildman–Crippen MR) is 81.0 cm³/mol. The molecule has 1 aliphatic rings. The third-order valence-electron chi connectivity index (χ3n) is 4.15. The Hall–Kier alpha value is -1.62. The number of aliphatic carboxylic acids is 1. The Morgan fingerprint density at radius 3 is 2.68 bits per heavy atom. The lowest BCUT2D eigenvalue weighted by Crippen LogP contribution is -2.36. The van der Waals surface area contributed by atoms with E-state index in [-0.39, 0.29) is 23.4 Å². The Labute approximate surface area is 133 Å². The number of nitrogens with zero attached hydrogens (tertiary/aromatic N) is 1. The van der Waals surface area contributed by atoms with Crippen LogP contribution < -0.4 is 0 Å². The number of carbonyl (C=O) groups is 2. The zero-order valence-electron chi connectivity index (χ0n) is 12.4. The van der Waals surface area contributed by atoms with Crippen LogP contribution in [0.5, 0.6) is 0 Å². The summed E-state index contributed by atoms with van der Waals surface area (Å²) in [6.07, 6.45) is 2.47. The van der Waals surface area contributed by atoms with Gasteiger partial charge >= 0.3 is 5.97 Å². The van der Waals surface area contributed by atoms with Crippen LogP contribution in [0.4, 0.5) is 4.39 Å². The summed E-state index contributed by atoms with van der Waals surface area (Å²) in [4.78, 5) is 25.0. The lowest BCUT2D eigenvalue weighted by atomic mass is 9.81. The third kappa shape index (κ3) is 3.97.